The van der Waals surface area contributed by atoms with E-state index in [9.17, 15) is 5.11 Å². The third-order valence-electron chi connectivity index (χ3n) is 13.5. The van der Waals surface area contributed by atoms with Crippen LogP contribution in [0.1, 0.15) is 122 Å². The molecule has 59 heavy (non-hydrogen) atoms. The summed E-state index contributed by atoms with van der Waals surface area (Å²) in [5.74, 6) is -0.479. The van der Waals surface area contributed by atoms with Crippen LogP contribution in [-0.4, -0.2) is 63.4 Å². The molecule has 4 heterocycles. The van der Waals surface area contributed by atoms with Crippen LogP contribution in [0.4, 0.5) is 0 Å². The molecule has 1 unspecified atom stereocenters. The van der Waals surface area contributed by atoms with E-state index in [2.05, 4.69) is 119 Å². The molecular formula is C48H61ClN4O5Si. The van der Waals surface area contributed by atoms with E-state index in [0.29, 0.717) is 33.6 Å². The number of hydrogen-bond donors (Lipinski definition) is 1. The minimum Gasteiger partial charge on any atom is -0.385 e. The summed E-state index contributed by atoms with van der Waals surface area (Å²) in [7, 11) is -2.53. The third kappa shape index (κ3) is 7.40. The maximum atomic E-state index is 11.8. The molecule has 11 heteroatoms. The Labute approximate surface area is 355 Å². The number of nitrogens with zero attached hydrogens (tertiary/aromatic N) is 4. The summed E-state index contributed by atoms with van der Waals surface area (Å²) in [4.78, 5) is 15.4. The van der Waals surface area contributed by atoms with Gasteiger partial charge in [0, 0.05) is 0 Å². The predicted molar refractivity (Wildman–Crippen MR) is 235 cm³/mol. The summed E-state index contributed by atoms with van der Waals surface area (Å²) < 4.78 is 30.6. The number of aliphatic hydroxyl groups excluding tert-OH is 1. The first-order valence-electron chi connectivity index (χ1n) is 21.7. The van der Waals surface area contributed by atoms with Gasteiger partial charge in [0.05, 0.1) is 12.1 Å². The number of fused-ring (bicyclic) bond motifs is 2. The lowest BCUT2D eigenvalue weighted by Gasteiger charge is -2.43. The van der Waals surface area contributed by atoms with Crippen molar-refractivity contribution < 1.29 is 24.1 Å². The van der Waals surface area contributed by atoms with Crippen LogP contribution in [0.2, 0.25) is 21.8 Å². The molecule has 8 rings (SSSR count). The number of aliphatic hydroxyl groups is 1. The Bertz CT molecular complexity index is 2080. The second kappa shape index (κ2) is 16.8. The maximum absolute atomic E-state index is 11.8. The Morgan fingerprint density at radius 1 is 0.763 bits per heavy atom. The summed E-state index contributed by atoms with van der Waals surface area (Å²) in [5.41, 5.74) is 5.05. The molecule has 3 aromatic carbocycles. The number of hydrogen-bond acceptors (Lipinski definition) is 8. The van der Waals surface area contributed by atoms with Gasteiger partial charge < -0.3 is 24.1 Å². The van der Waals surface area contributed by atoms with Gasteiger partial charge in [-0.05, 0) is 65.9 Å². The highest BCUT2D eigenvalue weighted by Crippen LogP contribution is 2.49. The van der Waals surface area contributed by atoms with E-state index in [-0.39, 0.29) is 17.7 Å². The summed E-state index contributed by atoms with van der Waals surface area (Å²) in [5, 5.41) is 12.1. The number of aromatic nitrogens is 4. The summed E-state index contributed by atoms with van der Waals surface area (Å²) in [6, 6.07) is 31.2. The van der Waals surface area contributed by atoms with Crippen LogP contribution < -0.4 is 5.45 Å². The minimum atomic E-state index is -2.53. The smallest absolute Gasteiger partial charge is 0.167 e. The van der Waals surface area contributed by atoms with Gasteiger partial charge in [-0.1, -0.05) is 163 Å². The summed E-state index contributed by atoms with van der Waals surface area (Å²) >= 11 is 7.15. The zero-order valence-corrected chi connectivity index (χ0v) is 37.6. The van der Waals surface area contributed by atoms with E-state index in [1.165, 1.54) is 6.42 Å². The van der Waals surface area contributed by atoms with E-state index in [0.717, 1.165) is 47.8 Å². The number of halogens is 1. The highest BCUT2D eigenvalue weighted by molar-refractivity contribution is 6.94. The molecular weight excluding hydrogens is 776 g/mol. The van der Waals surface area contributed by atoms with Crippen molar-refractivity contribution >= 4 is 36.3 Å². The van der Waals surface area contributed by atoms with E-state index in [1.807, 2.05) is 32.0 Å². The molecule has 3 fully saturated rings. The fourth-order valence-corrected chi connectivity index (χ4v) is 17.8. The topological polar surface area (TPSA) is 101 Å². The van der Waals surface area contributed by atoms with E-state index in [4.69, 9.17) is 45.5 Å². The quantitative estimate of drug-likeness (QED) is 0.0711. The summed E-state index contributed by atoms with van der Waals surface area (Å²) in [6.07, 6.45) is 2.17. The van der Waals surface area contributed by atoms with Gasteiger partial charge in [0.15, 0.2) is 28.6 Å². The third-order valence-corrected chi connectivity index (χ3v) is 20.6. The van der Waals surface area contributed by atoms with Gasteiger partial charge in [0.2, 0.25) is 0 Å². The molecule has 1 aliphatic carbocycles. The molecule has 1 N–H and O–H groups in total. The molecule has 0 bridgehead atoms. The van der Waals surface area contributed by atoms with Crippen molar-refractivity contribution in [2.24, 2.45) is 5.92 Å². The van der Waals surface area contributed by atoms with Gasteiger partial charge in [0.1, 0.15) is 43.6 Å². The van der Waals surface area contributed by atoms with Crippen molar-refractivity contribution in [2.75, 3.05) is 6.61 Å². The molecule has 1 saturated carbocycles. The summed E-state index contributed by atoms with van der Waals surface area (Å²) in [6.45, 7) is 18.1. The normalized spacial score (nSPS) is 23.1. The molecule has 2 saturated heterocycles. The van der Waals surface area contributed by atoms with Gasteiger partial charge >= 0.3 is 0 Å². The van der Waals surface area contributed by atoms with E-state index in [1.54, 1.807) is 0 Å². The molecule has 5 aromatic rings. The van der Waals surface area contributed by atoms with Crippen LogP contribution in [0, 0.1) is 5.92 Å². The first-order chi connectivity index (χ1) is 28.3. The Morgan fingerprint density at radius 3 is 1.78 bits per heavy atom. The standard InChI is InChI=1S/C48H61ClN4O5Si/c1-30(2)59(31(3)4,32(5)6)46-50-38-42(49)51-43(39(54)33-21-13-9-14-22-33)52-44(38)53(46)45-41-40(57-47(7,8)58-41)37(56-45)29-55-48(34-23-15-10-16-24-34,35-25-17-11-18-26-35)36-27-19-12-20-28-36/h10-12,15-20,23-28,30-33,37,39-41,45,54H,9,13-14,21-22,29H2,1-8H3/t37-,39?,40-,41-,45-/m1/s1. The second-order valence-electron chi connectivity index (χ2n) is 18.3. The average molecular weight is 838 g/mol. The Balaban J connectivity index is 1.28. The van der Waals surface area contributed by atoms with Crippen LogP contribution >= 0.6 is 11.6 Å². The lowest BCUT2D eigenvalue weighted by atomic mass is 9.80. The van der Waals surface area contributed by atoms with Gasteiger partial charge in [-0.15, -0.1) is 0 Å². The molecule has 0 spiro atoms. The highest BCUT2D eigenvalue weighted by Gasteiger charge is 2.59. The van der Waals surface area contributed by atoms with Crippen molar-refractivity contribution in [3.8, 4) is 0 Å². The average Bonchev–Trinajstić information content (AvgIpc) is 3.87. The number of benzene rings is 3. The van der Waals surface area contributed by atoms with Crippen molar-refractivity contribution in [1.29, 1.82) is 0 Å². The molecule has 0 amide bonds. The molecule has 314 valence electrons. The van der Waals surface area contributed by atoms with Crippen molar-refractivity contribution in [3.05, 3.63) is 119 Å². The maximum Gasteiger partial charge on any atom is 0.167 e. The Morgan fingerprint density at radius 2 is 1.27 bits per heavy atom. The Kier molecular flexibility index (Phi) is 12.0. The van der Waals surface area contributed by atoms with Crippen LogP contribution in [0.25, 0.3) is 11.2 Å². The van der Waals surface area contributed by atoms with Crippen LogP contribution in [-0.2, 0) is 24.5 Å². The zero-order valence-electron chi connectivity index (χ0n) is 35.8. The van der Waals surface area contributed by atoms with Crippen LogP contribution in [0.15, 0.2) is 91.0 Å². The lowest BCUT2D eigenvalue weighted by molar-refractivity contribution is -0.204. The number of ether oxygens (including phenoxy) is 4. The molecule has 2 aromatic heterocycles. The van der Waals surface area contributed by atoms with Crippen LogP contribution in [0.5, 0.6) is 0 Å². The monoisotopic (exact) mass is 836 g/mol. The first kappa shape index (κ1) is 42.2. The lowest BCUT2D eigenvalue weighted by Crippen LogP contribution is -2.60. The molecule has 5 atom stereocenters. The van der Waals surface area contributed by atoms with Gasteiger partial charge in [0.25, 0.3) is 0 Å². The number of imidazole rings is 1. The molecule has 2 aliphatic heterocycles. The Hall–Kier alpha value is -3.48. The predicted octanol–water partition coefficient (Wildman–Crippen LogP) is 10.4. The second-order valence-corrected chi connectivity index (χ2v) is 24.4. The molecule has 3 aliphatic rings. The van der Waals surface area contributed by atoms with Crippen molar-refractivity contribution in [3.63, 3.8) is 0 Å². The van der Waals surface area contributed by atoms with Crippen LogP contribution in [0.3, 0.4) is 0 Å². The van der Waals surface area contributed by atoms with E-state index >= 15 is 0 Å². The highest BCUT2D eigenvalue weighted by atomic mass is 35.5. The van der Waals surface area contributed by atoms with E-state index < -0.39 is 50.1 Å². The van der Waals surface area contributed by atoms with Gasteiger partial charge in [-0.3, -0.25) is 4.57 Å². The number of rotatable bonds is 13. The van der Waals surface area contributed by atoms with Gasteiger partial charge in [-0.2, -0.15) is 0 Å². The first-order valence-corrected chi connectivity index (χ1v) is 24.4. The van der Waals surface area contributed by atoms with Crippen molar-refractivity contribution in [1.82, 2.24) is 19.5 Å². The zero-order chi connectivity index (χ0) is 41.7. The largest absolute Gasteiger partial charge is 0.385 e. The SMILES string of the molecule is CC(C)[Si](c1nc2c(Cl)nc(C(O)C3CCCCC3)nc2n1[C@@H]1O[C@H](COC(c2ccccc2)(c2ccccc2)c2ccccc2)[C@H]2OC(C)(C)O[C@H]21)(C(C)C)C(C)C. The molecule has 9 nitrogen and oxygen atoms in total. The van der Waals surface area contributed by atoms with Gasteiger partial charge in [-0.25, -0.2) is 15.0 Å². The molecule has 0 radical (unpaired) electrons. The minimum absolute atomic E-state index is 0.0729. The fraction of sp³-hybridized carbons (Fsp3) is 0.521. The fourth-order valence-electron chi connectivity index (χ4n) is 11.0. The van der Waals surface area contributed by atoms with Crippen molar-refractivity contribution in [2.45, 2.75) is 146 Å².